The highest BCUT2D eigenvalue weighted by molar-refractivity contribution is 5.66. The van der Waals surface area contributed by atoms with E-state index in [1.807, 2.05) is 0 Å². The van der Waals surface area contributed by atoms with Crippen LogP contribution in [0.3, 0.4) is 0 Å². The minimum Gasteiger partial charge on any atom is -0.481 e. The van der Waals surface area contributed by atoms with E-state index in [-0.39, 0.29) is 35.0 Å². The molecular formula is C27H44F2O3. The molecule has 4 fully saturated rings. The molecule has 1 unspecified atom stereocenters. The van der Waals surface area contributed by atoms with Gasteiger partial charge in [0.2, 0.25) is 6.43 Å². The van der Waals surface area contributed by atoms with Crippen LogP contribution in [0.5, 0.6) is 0 Å². The topological polar surface area (TPSA) is 57.5 Å². The van der Waals surface area contributed by atoms with Gasteiger partial charge in [0.05, 0.1) is 6.10 Å². The van der Waals surface area contributed by atoms with Gasteiger partial charge in [-0.15, -0.1) is 0 Å². The van der Waals surface area contributed by atoms with Crippen molar-refractivity contribution in [1.29, 1.82) is 0 Å². The van der Waals surface area contributed by atoms with Gasteiger partial charge in [-0.1, -0.05) is 34.1 Å². The van der Waals surface area contributed by atoms with Crippen LogP contribution in [-0.4, -0.2) is 28.7 Å². The average Bonchev–Trinajstić information content (AvgIpc) is 3.09. The fourth-order valence-corrected chi connectivity index (χ4v) is 9.77. The van der Waals surface area contributed by atoms with Crippen molar-refractivity contribution in [1.82, 2.24) is 0 Å². The summed E-state index contributed by atoms with van der Waals surface area (Å²) in [6.45, 7) is 9.14. The second-order valence-electron chi connectivity index (χ2n) is 12.5. The Morgan fingerprint density at radius 1 is 1.03 bits per heavy atom. The molecule has 0 aromatic carbocycles. The molecule has 32 heavy (non-hydrogen) atoms. The summed E-state index contributed by atoms with van der Waals surface area (Å²) < 4.78 is 27.2. The van der Waals surface area contributed by atoms with Gasteiger partial charge >= 0.3 is 5.97 Å². The molecule has 0 aliphatic heterocycles. The maximum absolute atomic E-state index is 13.6. The number of aliphatic carboxylic acids is 1. The monoisotopic (exact) mass is 454 g/mol. The lowest BCUT2D eigenvalue weighted by Crippen LogP contribution is -2.62. The number of carbonyl (C=O) groups is 1. The lowest BCUT2D eigenvalue weighted by Gasteiger charge is -2.65. The van der Waals surface area contributed by atoms with Crippen molar-refractivity contribution in [2.24, 2.45) is 58.2 Å². The van der Waals surface area contributed by atoms with E-state index in [9.17, 15) is 18.7 Å². The van der Waals surface area contributed by atoms with E-state index in [4.69, 9.17) is 5.11 Å². The second kappa shape index (κ2) is 8.82. The van der Waals surface area contributed by atoms with E-state index in [1.165, 1.54) is 0 Å². The number of carboxylic acid groups (broad SMARTS) is 1. The van der Waals surface area contributed by atoms with Crippen molar-refractivity contribution in [3.05, 3.63) is 0 Å². The first-order valence-electron chi connectivity index (χ1n) is 13.2. The maximum Gasteiger partial charge on any atom is 0.303 e. The van der Waals surface area contributed by atoms with Crippen molar-refractivity contribution >= 4 is 5.97 Å². The van der Waals surface area contributed by atoms with Crippen LogP contribution in [0.1, 0.15) is 91.9 Å². The zero-order valence-corrected chi connectivity index (χ0v) is 20.4. The second-order valence-corrected chi connectivity index (χ2v) is 12.5. The zero-order chi connectivity index (χ0) is 23.4. The Labute approximate surface area is 192 Å². The number of carboxylic acids is 1. The number of rotatable bonds is 6. The summed E-state index contributed by atoms with van der Waals surface area (Å²) in [6, 6.07) is 0. The van der Waals surface area contributed by atoms with Crippen molar-refractivity contribution in [2.75, 3.05) is 0 Å². The number of halogens is 2. The summed E-state index contributed by atoms with van der Waals surface area (Å²) in [5.74, 6) is 1.15. The summed E-state index contributed by atoms with van der Waals surface area (Å²) in [5, 5.41) is 20.9. The van der Waals surface area contributed by atoms with E-state index in [0.717, 1.165) is 44.9 Å². The Morgan fingerprint density at radius 2 is 1.69 bits per heavy atom. The van der Waals surface area contributed by atoms with E-state index < -0.39 is 24.4 Å². The van der Waals surface area contributed by atoms with Crippen molar-refractivity contribution in [3.8, 4) is 0 Å². The van der Waals surface area contributed by atoms with Gasteiger partial charge in [-0.2, -0.15) is 0 Å². The molecule has 0 bridgehead atoms. The molecule has 4 aliphatic rings. The Kier molecular flexibility index (Phi) is 6.73. The van der Waals surface area contributed by atoms with Crippen LogP contribution in [0, 0.1) is 58.2 Å². The molecule has 0 radical (unpaired) electrons. The minimum atomic E-state index is -2.25. The fourth-order valence-electron chi connectivity index (χ4n) is 9.77. The Balaban J connectivity index is 1.60. The van der Waals surface area contributed by atoms with Crippen LogP contribution in [0.25, 0.3) is 0 Å². The van der Waals surface area contributed by atoms with Gasteiger partial charge in [-0.3, -0.25) is 4.79 Å². The van der Waals surface area contributed by atoms with Gasteiger partial charge < -0.3 is 10.2 Å². The molecule has 0 aromatic heterocycles. The predicted molar refractivity (Wildman–Crippen MR) is 121 cm³/mol. The van der Waals surface area contributed by atoms with E-state index >= 15 is 0 Å². The largest absolute Gasteiger partial charge is 0.481 e. The molecule has 0 heterocycles. The summed E-state index contributed by atoms with van der Waals surface area (Å²) >= 11 is 0. The number of aliphatic hydroxyl groups excluding tert-OH is 1. The predicted octanol–water partition coefficient (Wildman–Crippen LogP) is 6.63. The Hall–Kier alpha value is -0.710. The molecule has 4 saturated carbocycles. The molecule has 2 N–H and O–H groups in total. The Morgan fingerprint density at radius 3 is 2.31 bits per heavy atom. The van der Waals surface area contributed by atoms with Crippen LogP contribution >= 0.6 is 0 Å². The molecule has 4 aliphatic carbocycles. The molecule has 0 amide bonds. The first-order valence-corrected chi connectivity index (χ1v) is 13.2. The molecular weight excluding hydrogens is 410 g/mol. The zero-order valence-electron chi connectivity index (χ0n) is 20.4. The highest BCUT2D eigenvalue weighted by Gasteiger charge is 2.65. The Bertz CT molecular complexity index is 698. The number of fused-ring (bicyclic) bond motifs is 5. The van der Waals surface area contributed by atoms with Crippen LogP contribution in [0.15, 0.2) is 0 Å². The number of hydrogen-bond acceptors (Lipinski definition) is 2. The van der Waals surface area contributed by atoms with E-state index in [2.05, 4.69) is 27.7 Å². The minimum absolute atomic E-state index is 0.0598. The molecule has 0 saturated heterocycles. The standard InChI is InChI=1S/C27H44F2O3/c1-5-17-21-14-16(25(28)29)10-12-27(21,4)20-11-13-26(3)18(15(2)6-9-22(30)31)7-8-19(26)23(20)24(17)32/h15-21,23-25,32H,5-14H2,1-4H3,(H,30,31)/t15-,16?,17-,18-,19+,20+,21+,23+,24-,26-,27-/m1/s1. The van der Waals surface area contributed by atoms with Crippen molar-refractivity contribution in [2.45, 2.75) is 104 Å². The quantitative estimate of drug-likeness (QED) is 0.473. The van der Waals surface area contributed by atoms with Gasteiger partial charge in [0, 0.05) is 12.3 Å². The molecule has 184 valence electrons. The van der Waals surface area contributed by atoms with Crippen molar-refractivity contribution in [3.63, 3.8) is 0 Å². The van der Waals surface area contributed by atoms with Gasteiger partial charge in [0.1, 0.15) is 0 Å². The molecule has 0 aromatic rings. The van der Waals surface area contributed by atoms with Gasteiger partial charge in [-0.05, 0) is 104 Å². The van der Waals surface area contributed by atoms with Crippen LogP contribution in [-0.2, 0) is 4.79 Å². The lowest BCUT2D eigenvalue weighted by atomic mass is 9.41. The highest BCUT2D eigenvalue weighted by Crippen LogP contribution is 2.70. The fraction of sp³-hybridized carbons (Fsp3) is 0.963. The highest BCUT2D eigenvalue weighted by atomic mass is 19.3. The average molecular weight is 455 g/mol. The third-order valence-electron chi connectivity index (χ3n) is 11.4. The SMILES string of the molecule is CC[C@H]1[C@@H](O)[C@@H]2[C@H](CC[C@]3(C)[C@@H]([C@H](C)CCC(=O)O)CC[C@@H]23)[C@@]2(C)CCC(C(F)F)C[C@@H]12. The summed E-state index contributed by atoms with van der Waals surface area (Å²) in [5.41, 5.74) is 0.214. The third-order valence-corrected chi connectivity index (χ3v) is 11.4. The van der Waals surface area contributed by atoms with Gasteiger partial charge in [0.25, 0.3) is 0 Å². The molecule has 11 atom stereocenters. The first kappa shape index (κ1) is 24.4. The molecule has 4 rings (SSSR count). The maximum atomic E-state index is 13.6. The number of alkyl halides is 2. The van der Waals surface area contributed by atoms with Crippen LogP contribution in [0.4, 0.5) is 8.78 Å². The lowest BCUT2D eigenvalue weighted by molar-refractivity contribution is -0.204. The van der Waals surface area contributed by atoms with Crippen LogP contribution in [0.2, 0.25) is 0 Å². The van der Waals surface area contributed by atoms with E-state index in [0.29, 0.717) is 36.5 Å². The van der Waals surface area contributed by atoms with E-state index in [1.54, 1.807) is 0 Å². The summed E-state index contributed by atoms with van der Waals surface area (Å²) in [4.78, 5) is 11.1. The normalized spacial score (nSPS) is 49.2. The molecule has 5 heteroatoms. The summed E-state index contributed by atoms with van der Waals surface area (Å²) in [7, 11) is 0. The number of aliphatic hydroxyl groups is 1. The smallest absolute Gasteiger partial charge is 0.303 e. The summed E-state index contributed by atoms with van der Waals surface area (Å²) in [6.07, 6.45) is 5.71. The van der Waals surface area contributed by atoms with Crippen LogP contribution < -0.4 is 0 Å². The number of hydrogen-bond donors (Lipinski definition) is 2. The van der Waals surface area contributed by atoms with Gasteiger partial charge in [-0.25, -0.2) is 8.78 Å². The first-order chi connectivity index (χ1) is 15.0. The van der Waals surface area contributed by atoms with Crippen molar-refractivity contribution < 1.29 is 23.8 Å². The van der Waals surface area contributed by atoms with Gasteiger partial charge in [0.15, 0.2) is 0 Å². The third kappa shape index (κ3) is 3.73. The molecule has 0 spiro atoms. The molecule has 3 nitrogen and oxygen atoms in total.